The fraction of sp³-hybridized carbons (Fsp3) is 0.538. The molecule has 1 aliphatic rings. The van der Waals surface area contributed by atoms with Gasteiger partial charge in [0.2, 0.25) is 0 Å². The number of piperazine rings is 1. The van der Waals surface area contributed by atoms with Crippen molar-refractivity contribution in [1.29, 1.82) is 0 Å². The molecule has 1 aromatic rings. The van der Waals surface area contributed by atoms with Crippen molar-refractivity contribution in [2.24, 2.45) is 0 Å². The molecule has 0 amide bonds. The van der Waals surface area contributed by atoms with Gasteiger partial charge >= 0.3 is 0 Å². The molecule has 100 valence electrons. The number of hydrogen-bond acceptors (Lipinski definition) is 3. The average Bonchev–Trinajstić information content (AvgIpc) is 2.40. The van der Waals surface area contributed by atoms with Gasteiger partial charge in [0.1, 0.15) is 6.67 Å². The van der Waals surface area contributed by atoms with E-state index in [1.54, 1.807) is 13.0 Å². The van der Waals surface area contributed by atoms with Crippen molar-refractivity contribution in [2.75, 3.05) is 32.9 Å². The highest BCUT2D eigenvalue weighted by molar-refractivity contribution is 5.42. The lowest BCUT2D eigenvalue weighted by atomic mass is 9.98. The number of rotatable bonds is 3. The van der Waals surface area contributed by atoms with Gasteiger partial charge in [-0.25, -0.2) is 8.78 Å². The van der Waals surface area contributed by atoms with E-state index in [1.807, 2.05) is 4.90 Å². The van der Waals surface area contributed by atoms with Crippen LogP contribution in [0, 0.1) is 12.7 Å². The molecule has 3 nitrogen and oxygen atoms in total. The highest BCUT2D eigenvalue weighted by Gasteiger charge is 2.27. The third-order valence-electron chi connectivity index (χ3n) is 3.46. The number of halogens is 2. The van der Waals surface area contributed by atoms with Crippen LogP contribution in [0.25, 0.3) is 0 Å². The summed E-state index contributed by atoms with van der Waals surface area (Å²) in [5.74, 6) is -1.11. The molecule has 0 aromatic heterocycles. The maximum absolute atomic E-state index is 13.4. The summed E-state index contributed by atoms with van der Waals surface area (Å²) in [6.07, 6.45) is 0. The molecule has 1 fully saturated rings. The third kappa shape index (κ3) is 2.47. The van der Waals surface area contributed by atoms with E-state index in [4.69, 9.17) is 0 Å². The molecule has 18 heavy (non-hydrogen) atoms. The van der Waals surface area contributed by atoms with E-state index >= 15 is 0 Å². The Morgan fingerprint density at radius 3 is 2.67 bits per heavy atom. The van der Waals surface area contributed by atoms with Gasteiger partial charge in [-0.1, -0.05) is 6.07 Å². The molecule has 1 aliphatic heterocycles. The predicted molar refractivity (Wildman–Crippen MR) is 66.0 cm³/mol. The molecule has 5 heteroatoms. The lowest BCUT2D eigenvalue weighted by Crippen LogP contribution is -2.45. The van der Waals surface area contributed by atoms with E-state index in [-0.39, 0.29) is 0 Å². The summed E-state index contributed by atoms with van der Waals surface area (Å²) in [6.45, 7) is 4.10. The van der Waals surface area contributed by atoms with Crippen LogP contribution in [-0.4, -0.2) is 42.9 Å². The molecule has 0 bridgehead atoms. The minimum Gasteiger partial charge on any atom is -0.505 e. The SMILES string of the molecule is Cc1ccc(F)c(O)c1[C@@H](CF)N1CCNCC1. The Labute approximate surface area is 105 Å². The molecule has 1 atom stereocenters. The minimum absolute atomic E-state index is 0.374. The first kappa shape index (κ1) is 13.2. The highest BCUT2D eigenvalue weighted by atomic mass is 19.1. The van der Waals surface area contributed by atoms with Gasteiger partial charge in [-0.05, 0) is 18.6 Å². The van der Waals surface area contributed by atoms with E-state index in [2.05, 4.69) is 5.32 Å². The van der Waals surface area contributed by atoms with Gasteiger partial charge in [0, 0.05) is 31.7 Å². The number of phenolic OH excluding ortho intramolecular Hbond substituents is 1. The smallest absolute Gasteiger partial charge is 0.165 e. The number of nitrogens with zero attached hydrogens (tertiary/aromatic N) is 1. The van der Waals surface area contributed by atoms with E-state index in [1.165, 1.54) is 6.07 Å². The van der Waals surface area contributed by atoms with Crippen molar-refractivity contribution >= 4 is 0 Å². The van der Waals surface area contributed by atoms with Crippen LogP contribution in [-0.2, 0) is 0 Å². The second kappa shape index (κ2) is 5.63. The van der Waals surface area contributed by atoms with Gasteiger partial charge in [-0.15, -0.1) is 0 Å². The first-order valence-electron chi connectivity index (χ1n) is 6.14. The first-order valence-corrected chi connectivity index (χ1v) is 6.14. The van der Waals surface area contributed by atoms with Crippen molar-refractivity contribution in [3.05, 3.63) is 29.1 Å². The van der Waals surface area contributed by atoms with E-state index in [0.29, 0.717) is 18.7 Å². The Morgan fingerprint density at radius 2 is 2.06 bits per heavy atom. The van der Waals surface area contributed by atoms with Crippen molar-refractivity contribution < 1.29 is 13.9 Å². The largest absolute Gasteiger partial charge is 0.505 e. The number of hydrogen-bond donors (Lipinski definition) is 2. The number of aromatic hydroxyl groups is 1. The normalized spacial score (nSPS) is 18.8. The standard InChI is InChI=1S/C13H18F2N2O/c1-9-2-3-10(15)13(18)12(9)11(8-14)17-6-4-16-5-7-17/h2-3,11,16,18H,4-8H2,1H3/t11-/m1/s1. The van der Waals surface area contributed by atoms with Crippen LogP contribution in [0.15, 0.2) is 12.1 Å². The molecule has 0 aliphatic carbocycles. The van der Waals surface area contributed by atoms with E-state index < -0.39 is 24.3 Å². The second-order valence-electron chi connectivity index (χ2n) is 4.58. The van der Waals surface area contributed by atoms with Crippen molar-refractivity contribution in [2.45, 2.75) is 13.0 Å². The number of alkyl halides is 1. The lowest BCUT2D eigenvalue weighted by Gasteiger charge is -2.34. The zero-order valence-electron chi connectivity index (χ0n) is 10.4. The topological polar surface area (TPSA) is 35.5 Å². The quantitative estimate of drug-likeness (QED) is 0.865. The highest BCUT2D eigenvalue weighted by Crippen LogP contribution is 2.34. The number of aryl methyl sites for hydroxylation is 1. The van der Waals surface area contributed by atoms with Gasteiger partial charge < -0.3 is 10.4 Å². The van der Waals surface area contributed by atoms with Crippen molar-refractivity contribution in [3.8, 4) is 5.75 Å². The Balaban J connectivity index is 2.34. The molecule has 1 aromatic carbocycles. The molecule has 0 unspecified atom stereocenters. The van der Waals surface area contributed by atoms with Gasteiger partial charge in [0.25, 0.3) is 0 Å². The zero-order valence-corrected chi connectivity index (χ0v) is 10.4. The monoisotopic (exact) mass is 256 g/mol. The molecule has 2 N–H and O–H groups in total. The molecule has 1 saturated heterocycles. The van der Waals surface area contributed by atoms with E-state index in [9.17, 15) is 13.9 Å². The Kier molecular flexibility index (Phi) is 4.14. The Hall–Kier alpha value is -1.20. The summed E-state index contributed by atoms with van der Waals surface area (Å²) < 4.78 is 26.7. The van der Waals surface area contributed by atoms with Crippen LogP contribution in [0.4, 0.5) is 8.78 Å². The summed E-state index contributed by atoms with van der Waals surface area (Å²) in [4.78, 5) is 1.94. The molecule has 2 rings (SSSR count). The van der Waals surface area contributed by atoms with Gasteiger partial charge in [0.05, 0.1) is 6.04 Å². The summed E-state index contributed by atoms with van der Waals surface area (Å²) in [7, 11) is 0. The van der Waals surface area contributed by atoms with Gasteiger partial charge in [-0.3, -0.25) is 4.90 Å². The maximum Gasteiger partial charge on any atom is 0.165 e. The fourth-order valence-corrected chi connectivity index (χ4v) is 2.45. The number of phenols is 1. The molecule has 0 spiro atoms. The molecule has 0 radical (unpaired) electrons. The van der Waals surface area contributed by atoms with Crippen LogP contribution >= 0.6 is 0 Å². The molecular formula is C13H18F2N2O. The molecule has 1 heterocycles. The summed E-state index contributed by atoms with van der Waals surface area (Å²) in [5.41, 5.74) is 1.09. The van der Waals surface area contributed by atoms with Crippen molar-refractivity contribution in [1.82, 2.24) is 10.2 Å². The fourth-order valence-electron chi connectivity index (χ4n) is 2.45. The zero-order chi connectivity index (χ0) is 13.1. The van der Waals surface area contributed by atoms with Crippen LogP contribution in [0.1, 0.15) is 17.2 Å². The Morgan fingerprint density at radius 1 is 1.39 bits per heavy atom. The Bertz CT molecular complexity index is 420. The second-order valence-corrected chi connectivity index (χ2v) is 4.58. The van der Waals surface area contributed by atoms with Crippen LogP contribution in [0.3, 0.4) is 0 Å². The summed E-state index contributed by atoms with van der Waals surface area (Å²) in [6, 6.07) is 2.22. The predicted octanol–water partition coefficient (Wildman–Crippen LogP) is 1.76. The third-order valence-corrected chi connectivity index (χ3v) is 3.46. The summed E-state index contributed by atoms with van der Waals surface area (Å²) >= 11 is 0. The number of nitrogens with one attached hydrogen (secondary N) is 1. The summed E-state index contributed by atoms with van der Waals surface area (Å²) in [5, 5.41) is 13.0. The first-order chi connectivity index (χ1) is 8.65. The molecular weight excluding hydrogens is 238 g/mol. The molecule has 0 saturated carbocycles. The van der Waals surface area contributed by atoms with Crippen LogP contribution in [0.5, 0.6) is 5.75 Å². The maximum atomic E-state index is 13.4. The van der Waals surface area contributed by atoms with Crippen LogP contribution in [0.2, 0.25) is 0 Å². The van der Waals surface area contributed by atoms with Crippen LogP contribution < -0.4 is 5.32 Å². The number of benzene rings is 1. The van der Waals surface area contributed by atoms with Crippen molar-refractivity contribution in [3.63, 3.8) is 0 Å². The minimum atomic E-state index is -0.691. The average molecular weight is 256 g/mol. The van der Waals surface area contributed by atoms with Gasteiger partial charge in [0.15, 0.2) is 11.6 Å². The lowest BCUT2D eigenvalue weighted by molar-refractivity contribution is 0.144. The van der Waals surface area contributed by atoms with Gasteiger partial charge in [-0.2, -0.15) is 0 Å². The van der Waals surface area contributed by atoms with E-state index in [0.717, 1.165) is 18.7 Å².